The Morgan fingerprint density at radius 3 is 1.95 bits per heavy atom. The summed E-state index contributed by atoms with van der Waals surface area (Å²) in [6.45, 7) is 12.6. The number of nitrogens with one attached hydrogen (secondary N) is 1. The van der Waals surface area contributed by atoms with Gasteiger partial charge in [-0.15, -0.1) is 0 Å². The average molecular weight is 280 g/mol. The molecule has 0 saturated heterocycles. The molecule has 0 aliphatic heterocycles. The lowest BCUT2D eigenvalue weighted by Gasteiger charge is -2.12. The van der Waals surface area contributed by atoms with E-state index in [-0.39, 0.29) is 0 Å². The smallest absolute Gasteiger partial charge is 0.103 e. The van der Waals surface area contributed by atoms with Crippen LogP contribution in [-0.2, 0) is 0 Å². The summed E-state index contributed by atoms with van der Waals surface area (Å²) in [5.74, 6) is 0.914. The molecule has 21 heavy (non-hydrogen) atoms. The summed E-state index contributed by atoms with van der Waals surface area (Å²) in [5.41, 5.74) is 8.41. The molecule has 0 bridgehead atoms. The second-order valence-corrected chi connectivity index (χ2v) is 5.89. The van der Waals surface area contributed by atoms with Crippen molar-refractivity contribution in [2.24, 2.45) is 4.99 Å². The van der Waals surface area contributed by atoms with E-state index in [0.29, 0.717) is 0 Å². The molecule has 0 saturated carbocycles. The first kappa shape index (κ1) is 15.3. The average Bonchev–Trinajstić information content (AvgIpc) is 2.37. The highest BCUT2D eigenvalue weighted by molar-refractivity contribution is 5.96. The molecule has 0 atom stereocenters. The molecular formula is C19H24N2. The maximum absolute atomic E-state index is 4.76. The summed E-state index contributed by atoms with van der Waals surface area (Å²) in [6, 6.07) is 10.8. The van der Waals surface area contributed by atoms with Crippen molar-refractivity contribution in [1.82, 2.24) is 0 Å². The molecule has 0 unspecified atom stereocenters. The number of anilines is 1. The fourth-order valence-corrected chi connectivity index (χ4v) is 2.69. The van der Waals surface area contributed by atoms with Crippen molar-refractivity contribution in [3.05, 3.63) is 58.1 Å². The van der Waals surface area contributed by atoms with E-state index in [0.717, 1.165) is 17.2 Å². The fourth-order valence-electron chi connectivity index (χ4n) is 2.69. The van der Waals surface area contributed by atoms with Gasteiger partial charge in [-0.2, -0.15) is 0 Å². The Balaban J connectivity index is 2.30. The third-order valence-electron chi connectivity index (χ3n) is 3.61. The quantitative estimate of drug-likeness (QED) is 0.579. The van der Waals surface area contributed by atoms with Gasteiger partial charge in [0.1, 0.15) is 5.84 Å². The maximum atomic E-state index is 4.76. The normalized spacial score (nSPS) is 11.6. The molecule has 1 N–H and O–H groups in total. The van der Waals surface area contributed by atoms with Crippen molar-refractivity contribution < 1.29 is 0 Å². The number of benzene rings is 2. The van der Waals surface area contributed by atoms with Gasteiger partial charge in [-0.05, 0) is 64.3 Å². The number of amidine groups is 1. The number of nitrogens with zero attached hydrogens (tertiary/aromatic N) is 1. The maximum Gasteiger partial charge on any atom is 0.103 e. The molecule has 2 aromatic rings. The van der Waals surface area contributed by atoms with Gasteiger partial charge in [0.25, 0.3) is 0 Å². The minimum absolute atomic E-state index is 0.914. The first-order valence-corrected chi connectivity index (χ1v) is 7.34. The highest BCUT2D eigenvalue weighted by Gasteiger charge is 2.04. The molecule has 0 spiro atoms. The summed E-state index contributed by atoms with van der Waals surface area (Å²) in [5, 5.41) is 3.40. The molecule has 2 aromatic carbocycles. The van der Waals surface area contributed by atoms with Gasteiger partial charge in [-0.1, -0.05) is 35.4 Å². The fraction of sp³-hybridized carbons (Fsp3) is 0.316. The summed E-state index contributed by atoms with van der Waals surface area (Å²) in [7, 11) is 0. The lowest BCUT2D eigenvalue weighted by molar-refractivity contribution is 1.28. The summed E-state index contributed by atoms with van der Waals surface area (Å²) in [4.78, 5) is 4.76. The van der Waals surface area contributed by atoms with Crippen LogP contribution in [0.4, 0.5) is 11.4 Å². The van der Waals surface area contributed by atoms with Crippen molar-refractivity contribution in [1.29, 1.82) is 0 Å². The molecule has 0 amide bonds. The molecule has 0 aliphatic rings. The topological polar surface area (TPSA) is 24.4 Å². The van der Waals surface area contributed by atoms with Crippen LogP contribution >= 0.6 is 0 Å². The van der Waals surface area contributed by atoms with Crippen LogP contribution in [0.15, 0.2) is 35.3 Å². The van der Waals surface area contributed by atoms with Crippen LogP contribution in [0.5, 0.6) is 0 Å². The number of aryl methyl sites for hydroxylation is 5. The monoisotopic (exact) mass is 280 g/mol. The van der Waals surface area contributed by atoms with Gasteiger partial charge in [-0.25, -0.2) is 4.99 Å². The van der Waals surface area contributed by atoms with Gasteiger partial charge < -0.3 is 5.32 Å². The van der Waals surface area contributed by atoms with Gasteiger partial charge >= 0.3 is 0 Å². The molecule has 110 valence electrons. The Labute approximate surface area is 127 Å². The van der Waals surface area contributed by atoms with Gasteiger partial charge in [0, 0.05) is 5.69 Å². The second kappa shape index (κ2) is 6.13. The van der Waals surface area contributed by atoms with Crippen LogP contribution in [0.1, 0.15) is 34.7 Å². The van der Waals surface area contributed by atoms with Gasteiger partial charge in [0.2, 0.25) is 0 Å². The van der Waals surface area contributed by atoms with Crippen molar-refractivity contribution in [2.75, 3.05) is 5.32 Å². The number of hydrogen-bond acceptors (Lipinski definition) is 1. The summed E-state index contributed by atoms with van der Waals surface area (Å²) in [6.07, 6.45) is 0. The number of hydrogen-bond donors (Lipinski definition) is 1. The Bertz CT molecular complexity index is 674. The van der Waals surface area contributed by atoms with Crippen molar-refractivity contribution in [3.63, 3.8) is 0 Å². The van der Waals surface area contributed by atoms with E-state index in [9.17, 15) is 0 Å². The molecule has 0 heterocycles. The number of rotatable bonds is 2. The van der Waals surface area contributed by atoms with E-state index < -0.39 is 0 Å². The lowest BCUT2D eigenvalue weighted by Crippen LogP contribution is -2.08. The van der Waals surface area contributed by atoms with Crippen LogP contribution in [0.3, 0.4) is 0 Å². The van der Waals surface area contributed by atoms with Gasteiger partial charge in [-0.3, -0.25) is 0 Å². The van der Waals surface area contributed by atoms with Crippen LogP contribution in [0.25, 0.3) is 0 Å². The Morgan fingerprint density at radius 1 is 0.810 bits per heavy atom. The van der Waals surface area contributed by atoms with Crippen LogP contribution in [0, 0.1) is 34.6 Å². The third-order valence-corrected chi connectivity index (χ3v) is 3.61. The second-order valence-electron chi connectivity index (χ2n) is 5.89. The van der Waals surface area contributed by atoms with Crippen LogP contribution in [-0.4, -0.2) is 5.84 Å². The van der Waals surface area contributed by atoms with E-state index in [1.807, 2.05) is 6.92 Å². The van der Waals surface area contributed by atoms with Crippen molar-refractivity contribution >= 4 is 17.2 Å². The summed E-state index contributed by atoms with van der Waals surface area (Å²) >= 11 is 0. The Kier molecular flexibility index (Phi) is 4.46. The highest BCUT2D eigenvalue weighted by Crippen LogP contribution is 2.25. The van der Waals surface area contributed by atoms with Crippen molar-refractivity contribution in [2.45, 2.75) is 41.5 Å². The first-order valence-electron chi connectivity index (χ1n) is 7.34. The highest BCUT2D eigenvalue weighted by atomic mass is 15.0. The zero-order valence-electron chi connectivity index (χ0n) is 13.8. The molecule has 0 fully saturated rings. The summed E-state index contributed by atoms with van der Waals surface area (Å²) < 4.78 is 0. The van der Waals surface area contributed by atoms with E-state index in [1.165, 1.54) is 27.8 Å². The molecule has 0 radical (unpaired) electrons. The molecule has 0 aromatic heterocycles. The zero-order valence-corrected chi connectivity index (χ0v) is 13.8. The minimum atomic E-state index is 0.914. The molecular weight excluding hydrogens is 256 g/mol. The SMILES string of the molecule is C/C(=N\c1c(C)cc(C)cc1C)Nc1ccc(C)cc1C. The zero-order chi connectivity index (χ0) is 15.6. The predicted octanol–water partition coefficient (Wildman–Crippen LogP) is 5.39. The number of aliphatic imine (C=N–C) groups is 1. The molecule has 2 heteroatoms. The Hall–Kier alpha value is -2.09. The standard InChI is InChI=1S/C19H24N2/c1-12-7-8-18(14(3)9-12)20-17(6)21-19-15(4)10-13(2)11-16(19)5/h7-11H,1-6H3,(H,20,21). The lowest BCUT2D eigenvalue weighted by atomic mass is 10.1. The van der Waals surface area contributed by atoms with Crippen LogP contribution < -0.4 is 5.32 Å². The van der Waals surface area contributed by atoms with Gasteiger partial charge in [0.15, 0.2) is 0 Å². The molecule has 2 nitrogen and oxygen atoms in total. The molecule has 0 aliphatic carbocycles. The van der Waals surface area contributed by atoms with E-state index >= 15 is 0 Å². The molecule has 2 rings (SSSR count). The third kappa shape index (κ3) is 3.72. The first-order chi connectivity index (χ1) is 9.86. The van der Waals surface area contributed by atoms with E-state index in [1.54, 1.807) is 0 Å². The largest absolute Gasteiger partial charge is 0.344 e. The Morgan fingerprint density at radius 2 is 1.38 bits per heavy atom. The minimum Gasteiger partial charge on any atom is -0.344 e. The van der Waals surface area contributed by atoms with E-state index in [4.69, 9.17) is 4.99 Å². The van der Waals surface area contributed by atoms with Gasteiger partial charge in [0.05, 0.1) is 5.69 Å². The van der Waals surface area contributed by atoms with E-state index in [2.05, 4.69) is 70.3 Å². The van der Waals surface area contributed by atoms with Crippen LogP contribution in [0.2, 0.25) is 0 Å². The van der Waals surface area contributed by atoms with Crippen molar-refractivity contribution in [3.8, 4) is 0 Å². The predicted molar refractivity (Wildman–Crippen MR) is 93.0 cm³/mol.